The van der Waals surface area contributed by atoms with E-state index >= 15 is 0 Å². The van der Waals surface area contributed by atoms with Crippen molar-refractivity contribution in [3.8, 4) is 11.1 Å². The van der Waals surface area contributed by atoms with Crippen LogP contribution in [0.4, 0.5) is 5.13 Å². The molecule has 0 fully saturated rings. The Morgan fingerprint density at radius 2 is 1.97 bits per heavy atom. The Kier molecular flexibility index (Phi) is 7.11. The molecule has 3 heterocycles. The van der Waals surface area contributed by atoms with Crippen LogP contribution in [0.15, 0.2) is 57.6 Å². The summed E-state index contributed by atoms with van der Waals surface area (Å²) in [5.41, 5.74) is 3.89. The summed E-state index contributed by atoms with van der Waals surface area (Å²) < 4.78 is 1.67. The molecule has 0 saturated heterocycles. The first kappa shape index (κ1) is 23.4. The summed E-state index contributed by atoms with van der Waals surface area (Å²) in [6.45, 7) is 10.3. The number of hydrogen-bond donors (Lipinski definition) is 0. The molecule has 170 valence electrons. The topological polar surface area (TPSA) is 68.1 Å². The van der Waals surface area contributed by atoms with Crippen LogP contribution in [0.3, 0.4) is 0 Å². The van der Waals surface area contributed by atoms with Crippen molar-refractivity contribution in [1.82, 2.24) is 14.5 Å². The molecule has 4 rings (SSSR count). The van der Waals surface area contributed by atoms with E-state index in [9.17, 15) is 9.59 Å². The summed E-state index contributed by atoms with van der Waals surface area (Å²) in [4.78, 5) is 37.1. The molecule has 0 spiro atoms. The summed E-state index contributed by atoms with van der Waals surface area (Å²) in [5.74, 6) is 0.525. The molecule has 0 aliphatic carbocycles. The number of rotatable bonds is 8. The molecule has 3 aromatic heterocycles. The first-order valence-corrected chi connectivity index (χ1v) is 13.2. The van der Waals surface area contributed by atoms with Gasteiger partial charge in [-0.2, -0.15) is 0 Å². The number of hydrogen-bond acceptors (Lipinski definition) is 7. The number of aromatic nitrogens is 3. The van der Waals surface area contributed by atoms with Gasteiger partial charge in [-0.25, -0.2) is 9.97 Å². The predicted octanol–water partition coefficient (Wildman–Crippen LogP) is 5.74. The molecular formula is C24H24N4O2S3. The normalized spacial score (nSPS) is 11.1. The molecule has 33 heavy (non-hydrogen) atoms. The third-order valence-electron chi connectivity index (χ3n) is 5.15. The monoisotopic (exact) mass is 496 g/mol. The lowest BCUT2D eigenvalue weighted by molar-refractivity contribution is -0.116. The maximum Gasteiger partial charge on any atom is 0.263 e. The Morgan fingerprint density at radius 1 is 1.21 bits per heavy atom. The van der Waals surface area contributed by atoms with Crippen molar-refractivity contribution in [2.75, 3.05) is 11.4 Å². The minimum Gasteiger partial charge on any atom is -0.289 e. The zero-order valence-electron chi connectivity index (χ0n) is 18.7. The fourth-order valence-electron chi connectivity index (χ4n) is 3.47. The van der Waals surface area contributed by atoms with Gasteiger partial charge in [0, 0.05) is 42.1 Å². The van der Waals surface area contributed by atoms with E-state index in [1.807, 2.05) is 48.9 Å². The van der Waals surface area contributed by atoms with Crippen molar-refractivity contribution in [2.24, 2.45) is 0 Å². The highest BCUT2D eigenvalue weighted by molar-refractivity contribution is 7.98. The smallest absolute Gasteiger partial charge is 0.263 e. The number of thiazole rings is 1. The highest BCUT2D eigenvalue weighted by Gasteiger charge is 2.18. The van der Waals surface area contributed by atoms with Crippen LogP contribution in [-0.2, 0) is 17.1 Å². The van der Waals surface area contributed by atoms with E-state index in [2.05, 4.69) is 11.6 Å². The lowest BCUT2D eigenvalue weighted by Crippen LogP contribution is -2.27. The SMILES string of the molecule is C=CCn1c(SCc2csc(N(CC)C(C)=O)n2)nc2scc(-c3ccc(C)cc3)c2c1=O. The Hall–Kier alpha value is -2.75. The van der Waals surface area contributed by atoms with Crippen molar-refractivity contribution < 1.29 is 4.79 Å². The molecular weight excluding hydrogens is 472 g/mol. The second-order valence-electron chi connectivity index (χ2n) is 7.47. The van der Waals surface area contributed by atoms with Gasteiger partial charge in [0.15, 0.2) is 10.3 Å². The van der Waals surface area contributed by atoms with Gasteiger partial charge in [-0.1, -0.05) is 47.7 Å². The molecule has 0 N–H and O–H groups in total. The van der Waals surface area contributed by atoms with Crippen molar-refractivity contribution in [2.45, 2.75) is 38.2 Å². The average Bonchev–Trinajstić information content (AvgIpc) is 3.43. The van der Waals surface area contributed by atoms with Crippen molar-refractivity contribution in [1.29, 1.82) is 0 Å². The Balaban J connectivity index is 1.67. The van der Waals surface area contributed by atoms with E-state index in [4.69, 9.17) is 4.98 Å². The number of thiophene rings is 1. The first-order valence-electron chi connectivity index (χ1n) is 10.5. The van der Waals surface area contributed by atoms with Gasteiger partial charge >= 0.3 is 0 Å². The van der Waals surface area contributed by atoms with Crippen LogP contribution in [0, 0.1) is 6.92 Å². The lowest BCUT2D eigenvalue weighted by atomic mass is 10.1. The molecule has 0 radical (unpaired) electrons. The van der Waals surface area contributed by atoms with Crippen molar-refractivity contribution in [3.05, 3.63) is 69.3 Å². The molecule has 6 nitrogen and oxygen atoms in total. The third-order valence-corrected chi connectivity index (χ3v) is 7.94. The number of allylic oxidation sites excluding steroid dienone is 1. The minimum absolute atomic E-state index is 0.0277. The number of thioether (sulfide) groups is 1. The van der Waals surface area contributed by atoms with E-state index in [1.165, 1.54) is 40.0 Å². The molecule has 0 saturated carbocycles. The molecule has 0 aliphatic rings. The van der Waals surface area contributed by atoms with E-state index in [1.54, 1.807) is 22.5 Å². The summed E-state index contributed by atoms with van der Waals surface area (Å²) in [6, 6.07) is 8.17. The summed E-state index contributed by atoms with van der Waals surface area (Å²) in [5, 5.41) is 5.92. The molecule has 0 bridgehead atoms. The second-order valence-corrected chi connectivity index (χ2v) is 10.1. The van der Waals surface area contributed by atoms with Crippen LogP contribution >= 0.6 is 34.4 Å². The van der Waals surface area contributed by atoms with Gasteiger partial charge < -0.3 is 0 Å². The van der Waals surface area contributed by atoms with Crippen LogP contribution in [-0.4, -0.2) is 27.0 Å². The zero-order valence-corrected chi connectivity index (χ0v) is 21.1. The van der Waals surface area contributed by atoms with Gasteiger partial charge in [-0.15, -0.1) is 29.3 Å². The molecule has 1 aromatic carbocycles. The predicted molar refractivity (Wildman–Crippen MR) is 140 cm³/mol. The molecule has 0 atom stereocenters. The standard InChI is InChI=1S/C24H24N4O2S3/c1-5-11-28-22(30)20-19(17-9-7-15(3)8-10-17)14-31-21(20)26-24(28)33-13-18-12-32-23(25-18)27(6-2)16(4)29/h5,7-10,12,14H,1,6,11,13H2,2-4H3. The van der Waals surface area contributed by atoms with Gasteiger partial charge in [0.1, 0.15) is 4.83 Å². The van der Waals surface area contributed by atoms with Gasteiger partial charge in [0.05, 0.1) is 11.1 Å². The van der Waals surface area contributed by atoms with Gasteiger partial charge in [0.2, 0.25) is 5.91 Å². The number of aryl methyl sites for hydroxylation is 1. The number of amides is 1. The maximum absolute atomic E-state index is 13.5. The highest BCUT2D eigenvalue weighted by Crippen LogP contribution is 2.33. The van der Waals surface area contributed by atoms with Crippen LogP contribution in [0.1, 0.15) is 25.1 Å². The summed E-state index contributed by atoms with van der Waals surface area (Å²) in [6.07, 6.45) is 1.71. The number of fused-ring (bicyclic) bond motifs is 1. The average molecular weight is 497 g/mol. The number of benzene rings is 1. The van der Waals surface area contributed by atoms with Crippen molar-refractivity contribution >= 4 is 55.7 Å². The summed E-state index contributed by atoms with van der Waals surface area (Å²) in [7, 11) is 0. The molecule has 4 aromatic rings. The van der Waals surface area contributed by atoms with E-state index in [0.29, 0.717) is 34.5 Å². The molecule has 0 unspecified atom stereocenters. The molecule has 9 heteroatoms. The number of carbonyl (C=O) groups excluding carboxylic acids is 1. The van der Waals surface area contributed by atoms with Gasteiger partial charge in [-0.3, -0.25) is 19.1 Å². The number of anilines is 1. The van der Waals surface area contributed by atoms with Crippen LogP contribution in [0.2, 0.25) is 0 Å². The zero-order chi connectivity index (χ0) is 23.5. The second kappa shape index (κ2) is 10.0. The molecule has 1 amide bonds. The van der Waals surface area contributed by atoms with Crippen LogP contribution < -0.4 is 10.5 Å². The maximum atomic E-state index is 13.5. The lowest BCUT2D eigenvalue weighted by Gasteiger charge is -2.14. The van der Waals surface area contributed by atoms with E-state index in [-0.39, 0.29) is 11.5 Å². The first-order chi connectivity index (χ1) is 15.9. The third kappa shape index (κ3) is 4.80. The van der Waals surface area contributed by atoms with Crippen LogP contribution in [0.5, 0.6) is 0 Å². The quantitative estimate of drug-likeness (QED) is 0.177. The fourth-order valence-corrected chi connectivity index (χ4v) is 6.40. The van der Waals surface area contributed by atoms with Gasteiger partial charge in [-0.05, 0) is 19.4 Å². The highest BCUT2D eigenvalue weighted by atomic mass is 32.2. The van der Waals surface area contributed by atoms with E-state index < -0.39 is 0 Å². The van der Waals surface area contributed by atoms with Crippen molar-refractivity contribution in [3.63, 3.8) is 0 Å². The fraction of sp³-hybridized carbons (Fsp3) is 0.250. The van der Waals surface area contributed by atoms with E-state index in [0.717, 1.165) is 21.7 Å². The minimum atomic E-state index is -0.0630. The number of nitrogens with zero attached hydrogens (tertiary/aromatic N) is 4. The number of carbonyl (C=O) groups is 1. The largest absolute Gasteiger partial charge is 0.289 e. The van der Waals surface area contributed by atoms with Gasteiger partial charge in [0.25, 0.3) is 5.56 Å². The van der Waals surface area contributed by atoms with Crippen LogP contribution in [0.25, 0.3) is 21.3 Å². The molecule has 0 aliphatic heterocycles. The summed E-state index contributed by atoms with van der Waals surface area (Å²) >= 11 is 4.40. The Bertz CT molecular complexity index is 1370. The Morgan fingerprint density at radius 3 is 2.64 bits per heavy atom. The Labute approximate surface area is 204 Å².